The summed E-state index contributed by atoms with van der Waals surface area (Å²) in [6.07, 6.45) is 3.50. The van der Waals surface area contributed by atoms with E-state index in [0.29, 0.717) is 56.1 Å². The fourth-order valence-corrected chi connectivity index (χ4v) is 6.62. The van der Waals surface area contributed by atoms with E-state index in [9.17, 15) is 14.4 Å². The van der Waals surface area contributed by atoms with Crippen molar-refractivity contribution in [3.05, 3.63) is 57.5 Å². The summed E-state index contributed by atoms with van der Waals surface area (Å²) in [7, 11) is 0. The number of rotatable bonds is 8. The Balaban J connectivity index is 1.21. The highest BCUT2D eigenvalue weighted by molar-refractivity contribution is 9.10. The zero-order valence-electron chi connectivity index (χ0n) is 27.6. The Bertz CT molecular complexity index is 1420. The van der Waals surface area contributed by atoms with E-state index >= 15 is 0 Å². The first-order valence-electron chi connectivity index (χ1n) is 16.3. The van der Waals surface area contributed by atoms with Crippen molar-refractivity contribution in [1.82, 2.24) is 14.7 Å². The first-order valence-corrected chi connectivity index (χ1v) is 17.4. The van der Waals surface area contributed by atoms with Crippen LogP contribution >= 0.6 is 27.5 Å². The smallest absolute Gasteiger partial charge is 0.410 e. The van der Waals surface area contributed by atoms with Crippen molar-refractivity contribution >= 4 is 51.1 Å². The van der Waals surface area contributed by atoms with Gasteiger partial charge in [0, 0.05) is 73.1 Å². The average Bonchev–Trinajstić information content (AvgIpc) is 3.84. The van der Waals surface area contributed by atoms with Gasteiger partial charge in [0.1, 0.15) is 11.4 Å². The quantitative estimate of drug-likeness (QED) is 0.301. The molecule has 3 amide bonds. The molecule has 3 aliphatic rings. The number of hydrogen-bond acceptors (Lipinski definition) is 6. The van der Waals surface area contributed by atoms with Gasteiger partial charge in [0.2, 0.25) is 5.91 Å². The Hall–Kier alpha value is -2.98. The number of halogens is 2. The zero-order chi connectivity index (χ0) is 33.2. The molecule has 1 atom stereocenters. The molecular weight excluding hydrogens is 672 g/mol. The maximum absolute atomic E-state index is 13.9. The molecule has 2 aromatic carbocycles. The Morgan fingerprint density at radius 2 is 1.57 bits per heavy atom. The molecule has 1 aliphatic carbocycles. The van der Waals surface area contributed by atoms with Crippen molar-refractivity contribution in [2.75, 3.05) is 44.2 Å². The van der Waals surface area contributed by atoms with Crippen LogP contribution in [-0.4, -0.2) is 89.1 Å². The van der Waals surface area contributed by atoms with Gasteiger partial charge in [0.15, 0.2) is 5.60 Å². The highest BCUT2D eigenvalue weighted by atomic mass is 79.9. The van der Waals surface area contributed by atoms with Crippen molar-refractivity contribution in [3.8, 4) is 5.75 Å². The van der Waals surface area contributed by atoms with Crippen LogP contribution in [0.5, 0.6) is 5.75 Å². The zero-order valence-corrected chi connectivity index (χ0v) is 29.9. The van der Waals surface area contributed by atoms with Crippen LogP contribution in [0.3, 0.4) is 0 Å². The lowest BCUT2D eigenvalue weighted by atomic mass is 9.95. The monoisotopic (exact) mass is 716 g/mol. The van der Waals surface area contributed by atoms with Crippen molar-refractivity contribution < 1.29 is 23.9 Å². The van der Waals surface area contributed by atoms with Crippen LogP contribution in [0.1, 0.15) is 65.9 Å². The van der Waals surface area contributed by atoms with Gasteiger partial charge in [-0.2, -0.15) is 0 Å². The molecule has 3 fully saturated rings. The second-order valence-electron chi connectivity index (χ2n) is 14.1. The first kappa shape index (κ1) is 34.4. The summed E-state index contributed by atoms with van der Waals surface area (Å²) in [6, 6.07) is 14.0. The fraction of sp³-hybridized carbons (Fsp3) is 0.571. The molecule has 2 saturated heterocycles. The van der Waals surface area contributed by atoms with Gasteiger partial charge in [-0.25, -0.2) is 4.79 Å². The van der Waals surface area contributed by atoms with Crippen LogP contribution in [0.4, 0.5) is 10.5 Å². The molecule has 2 heterocycles. The number of anilines is 1. The van der Waals surface area contributed by atoms with Crippen LogP contribution in [0.15, 0.2) is 46.9 Å². The van der Waals surface area contributed by atoms with Gasteiger partial charge in [-0.1, -0.05) is 39.7 Å². The molecule has 0 bridgehead atoms. The third-order valence-corrected chi connectivity index (χ3v) is 9.38. The summed E-state index contributed by atoms with van der Waals surface area (Å²) in [5.74, 6) is 0.446. The lowest BCUT2D eigenvalue weighted by molar-refractivity contribution is -0.147. The van der Waals surface area contributed by atoms with Crippen molar-refractivity contribution in [2.45, 2.75) is 84.1 Å². The number of amides is 3. The molecule has 0 spiro atoms. The van der Waals surface area contributed by atoms with Gasteiger partial charge in [-0.05, 0) is 90.1 Å². The molecule has 2 aliphatic heterocycles. The van der Waals surface area contributed by atoms with Crippen LogP contribution in [0, 0.1) is 5.92 Å². The number of benzene rings is 2. The summed E-state index contributed by atoms with van der Waals surface area (Å²) < 4.78 is 12.8. The maximum atomic E-state index is 13.9. The molecule has 5 rings (SSSR count). The number of piperidine rings is 1. The predicted octanol–water partition coefficient (Wildman–Crippen LogP) is 6.75. The van der Waals surface area contributed by atoms with Gasteiger partial charge >= 0.3 is 6.09 Å². The molecular formula is C35H46BrClN4O5. The molecule has 11 heteroatoms. The van der Waals surface area contributed by atoms with E-state index in [-0.39, 0.29) is 23.8 Å². The van der Waals surface area contributed by atoms with E-state index in [1.807, 2.05) is 45.0 Å². The largest absolute Gasteiger partial charge is 0.478 e. The standard InChI is InChI=1S/C35H46BrClN4O5/c1-34(2,3)46-33(44)39-17-15-38(16-18-39)32(43)35(4,5)45-30-20-27(37)19-29(21-30)40-14-6-7-25(23-40)31(42)41(28-12-13-28)22-24-8-10-26(36)11-9-24/h8-11,19-21,25,28H,6-7,12-18,22-23H2,1-5H3/t25-/m1/s1. The highest BCUT2D eigenvalue weighted by Gasteiger charge is 2.39. The Kier molecular flexibility index (Phi) is 10.5. The van der Waals surface area contributed by atoms with Crippen LogP contribution in [0.25, 0.3) is 0 Å². The average molecular weight is 718 g/mol. The highest BCUT2D eigenvalue weighted by Crippen LogP contribution is 2.35. The van der Waals surface area contributed by atoms with Gasteiger partial charge in [0.05, 0.1) is 5.92 Å². The molecule has 0 N–H and O–H groups in total. The molecule has 0 radical (unpaired) electrons. The van der Waals surface area contributed by atoms with E-state index in [4.69, 9.17) is 21.1 Å². The van der Waals surface area contributed by atoms with E-state index in [2.05, 4.69) is 37.9 Å². The van der Waals surface area contributed by atoms with E-state index < -0.39 is 11.2 Å². The molecule has 9 nitrogen and oxygen atoms in total. The van der Waals surface area contributed by atoms with Crippen molar-refractivity contribution in [2.24, 2.45) is 5.92 Å². The van der Waals surface area contributed by atoms with E-state index in [1.54, 1.807) is 29.7 Å². The Labute approximate surface area is 286 Å². The summed E-state index contributed by atoms with van der Waals surface area (Å²) in [5.41, 5.74) is 0.279. The number of carbonyl (C=O) groups is 3. The SMILES string of the molecule is CC(C)(C)OC(=O)N1CCN(C(=O)C(C)(C)Oc2cc(Cl)cc(N3CCC[C@@H](C(=O)N(Cc4ccc(Br)cc4)C4CC4)C3)c2)CC1. The topological polar surface area (TPSA) is 82.6 Å². The van der Waals surface area contributed by atoms with Gasteiger partial charge in [0.25, 0.3) is 5.91 Å². The van der Waals surface area contributed by atoms with E-state index in [0.717, 1.165) is 48.0 Å². The van der Waals surface area contributed by atoms with Crippen LogP contribution in [-0.2, 0) is 20.9 Å². The number of hydrogen-bond donors (Lipinski definition) is 0. The van der Waals surface area contributed by atoms with Crippen molar-refractivity contribution in [3.63, 3.8) is 0 Å². The summed E-state index contributed by atoms with van der Waals surface area (Å²) in [4.78, 5) is 47.5. The van der Waals surface area contributed by atoms with Crippen LogP contribution in [0.2, 0.25) is 5.02 Å². The second kappa shape index (κ2) is 14.0. The predicted molar refractivity (Wildman–Crippen MR) is 183 cm³/mol. The lowest BCUT2D eigenvalue weighted by Crippen LogP contribution is -2.57. The maximum Gasteiger partial charge on any atom is 0.410 e. The summed E-state index contributed by atoms with van der Waals surface area (Å²) in [6.45, 7) is 12.6. The number of carbonyl (C=O) groups excluding carboxylic acids is 3. The molecule has 46 heavy (non-hydrogen) atoms. The number of nitrogens with zero attached hydrogens (tertiary/aromatic N) is 4. The number of piperazine rings is 1. The molecule has 250 valence electrons. The minimum absolute atomic E-state index is 0.106. The van der Waals surface area contributed by atoms with Gasteiger partial charge < -0.3 is 29.1 Å². The normalized spacial score (nSPS) is 19.1. The lowest BCUT2D eigenvalue weighted by Gasteiger charge is -2.39. The van der Waals surface area contributed by atoms with E-state index in [1.165, 1.54) is 0 Å². The first-order chi connectivity index (χ1) is 21.7. The molecule has 2 aromatic rings. The second-order valence-corrected chi connectivity index (χ2v) is 15.5. The fourth-order valence-electron chi connectivity index (χ4n) is 6.13. The Morgan fingerprint density at radius 3 is 2.20 bits per heavy atom. The van der Waals surface area contributed by atoms with Gasteiger partial charge in [-0.15, -0.1) is 0 Å². The summed E-state index contributed by atoms with van der Waals surface area (Å²) >= 11 is 10.1. The minimum atomic E-state index is -1.16. The molecule has 0 unspecified atom stereocenters. The summed E-state index contributed by atoms with van der Waals surface area (Å²) in [5, 5.41) is 0.505. The third kappa shape index (κ3) is 8.88. The number of ether oxygens (including phenoxy) is 2. The van der Waals surface area contributed by atoms with Gasteiger partial charge in [-0.3, -0.25) is 9.59 Å². The minimum Gasteiger partial charge on any atom is -0.478 e. The molecule has 1 saturated carbocycles. The van der Waals surface area contributed by atoms with Crippen molar-refractivity contribution in [1.29, 1.82) is 0 Å². The van der Waals surface area contributed by atoms with Crippen LogP contribution < -0.4 is 9.64 Å². The Morgan fingerprint density at radius 1 is 0.913 bits per heavy atom. The molecule has 0 aromatic heterocycles. The third-order valence-electron chi connectivity index (χ3n) is 8.64.